The van der Waals surface area contributed by atoms with Crippen molar-refractivity contribution < 1.29 is 17.9 Å². The van der Waals surface area contributed by atoms with E-state index in [-0.39, 0.29) is 18.8 Å². The van der Waals surface area contributed by atoms with Crippen LogP contribution in [-0.2, 0) is 19.5 Å². The van der Waals surface area contributed by atoms with Crippen LogP contribution in [-0.4, -0.2) is 49.1 Å². The number of ether oxygens (including phenoxy) is 2. The Morgan fingerprint density at radius 3 is 2.74 bits per heavy atom. The number of sulfonamides is 1. The summed E-state index contributed by atoms with van der Waals surface area (Å²) in [4.78, 5) is 25.1. The van der Waals surface area contributed by atoms with E-state index in [0.29, 0.717) is 6.42 Å². The highest BCUT2D eigenvalue weighted by molar-refractivity contribution is 7.88. The number of aromatic nitrogens is 2. The summed E-state index contributed by atoms with van der Waals surface area (Å²) in [5.74, 6) is 0. The van der Waals surface area contributed by atoms with Crippen LogP contribution in [0.1, 0.15) is 26.5 Å². The summed E-state index contributed by atoms with van der Waals surface area (Å²) in [6.07, 6.45) is 1.18. The Bertz CT molecular complexity index is 753. The summed E-state index contributed by atoms with van der Waals surface area (Å²) in [5, 5.41) is 0. The standard InChI is InChI=1S/C13H21N3O6S/c1-8(2)21-9-6-12(16-5-4-11(17)15-13(16)18)22-10(9)7-14-23(3,19)20/h4-5,8-10,12,14H,6-7H2,1-3H3,(H,15,17,18)/t9-,10?,12?/m0/s1. The van der Waals surface area contributed by atoms with Crippen molar-refractivity contribution in [3.63, 3.8) is 0 Å². The fraction of sp³-hybridized carbons (Fsp3) is 0.692. The second kappa shape index (κ2) is 6.95. The van der Waals surface area contributed by atoms with Gasteiger partial charge < -0.3 is 9.47 Å². The molecule has 0 spiro atoms. The highest BCUT2D eigenvalue weighted by Gasteiger charge is 2.38. The molecule has 2 rings (SSSR count). The lowest BCUT2D eigenvalue weighted by Crippen LogP contribution is -2.38. The summed E-state index contributed by atoms with van der Waals surface area (Å²) >= 11 is 0. The Morgan fingerprint density at radius 1 is 1.48 bits per heavy atom. The number of H-pyrrole nitrogens is 1. The van der Waals surface area contributed by atoms with Crippen LogP contribution in [0.2, 0.25) is 0 Å². The Hall–Kier alpha value is -1.49. The number of aromatic amines is 1. The molecule has 1 aliphatic rings. The zero-order valence-electron chi connectivity index (χ0n) is 13.2. The quantitative estimate of drug-likeness (QED) is 0.693. The third-order valence-electron chi connectivity index (χ3n) is 3.34. The van der Waals surface area contributed by atoms with Crippen LogP contribution in [0.5, 0.6) is 0 Å². The Balaban J connectivity index is 2.18. The van der Waals surface area contributed by atoms with E-state index in [9.17, 15) is 18.0 Å². The Morgan fingerprint density at radius 2 is 2.17 bits per heavy atom. The Labute approximate surface area is 133 Å². The van der Waals surface area contributed by atoms with Gasteiger partial charge in [0.25, 0.3) is 5.56 Å². The minimum absolute atomic E-state index is 0.0465. The van der Waals surface area contributed by atoms with Crippen LogP contribution in [0.25, 0.3) is 0 Å². The molecule has 9 nitrogen and oxygen atoms in total. The molecule has 2 N–H and O–H groups in total. The maximum Gasteiger partial charge on any atom is 0.330 e. The van der Waals surface area contributed by atoms with Gasteiger partial charge in [-0.1, -0.05) is 0 Å². The number of nitrogens with one attached hydrogen (secondary N) is 2. The maximum absolute atomic E-state index is 11.9. The van der Waals surface area contributed by atoms with Crippen LogP contribution < -0.4 is 16.0 Å². The molecule has 0 aromatic carbocycles. The average molecular weight is 347 g/mol. The lowest BCUT2D eigenvalue weighted by Gasteiger charge is -2.20. The van der Waals surface area contributed by atoms with Crippen molar-refractivity contribution in [1.82, 2.24) is 14.3 Å². The van der Waals surface area contributed by atoms with Gasteiger partial charge in [-0.25, -0.2) is 17.9 Å². The molecule has 0 aliphatic carbocycles. The summed E-state index contributed by atoms with van der Waals surface area (Å²) in [7, 11) is -3.36. The summed E-state index contributed by atoms with van der Waals surface area (Å²) in [5.41, 5.74) is -1.07. The second-order valence-corrected chi connectivity index (χ2v) is 7.56. The molecule has 1 fully saturated rings. The molecule has 1 saturated heterocycles. The molecule has 130 valence electrons. The molecule has 10 heteroatoms. The van der Waals surface area contributed by atoms with E-state index in [1.165, 1.54) is 16.8 Å². The molecule has 0 bridgehead atoms. The predicted molar refractivity (Wildman–Crippen MR) is 82.7 cm³/mol. The van der Waals surface area contributed by atoms with Gasteiger partial charge in [0.2, 0.25) is 10.0 Å². The van der Waals surface area contributed by atoms with Crippen LogP contribution in [0.15, 0.2) is 21.9 Å². The first kappa shape index (κ1) is 17.9. The van der Waals surface area contributed by atoms with Gasteiger partial charge in [-0.05, 0) is 13.8 Å². The number of rotatable bonds is 6. The second-order valence-electron chi connectivity index (χ2n) is 5.73. The van der Waals surface area contributed by atoms with Crippen molar-refractivity contribution in [2.24, 2.45) is 0 Å². The lowest BCUT2D eigenvalue weighted by molar-refractivity contribution is -0.0521. The highest BCUT2D eigenvalue weighted by Crippen LogP contribution is 2.30. The van der Waals surface area contributed by atoms with Gasteiger partial charge in [0.1, 0.15) is 6.23 Å². The molecule has 0 saturated carbocycles. The van der Waals surface area contributed by atoms with Crippen LogP contribution in [0.4, 0.5) is 0 Å². The number of hydrogen-bond acceptors (Lipinski definition) is 6. The van der Waals surface area contributed by atoms with Crippen LogP contribution in [0, 0.1) is 0 Å². The molecular weight excluding hydrogens is 326 g/mol. The van der Waals surface area contributed by atoms with Crippen molar-refractivity contribution in [3.8, 4) is 0 Å². The van der Waals surface area contributed by atoms with Crippen molar-refractivity contribution in [1.29, 1.82) is 0 Å². The van der Waals surface area contributed by atoms with Gasteiger partial charge in [-0.3, -0.25) is 14.3 Å². The smallest absolute Gasteiger partial charge is 0.330 e. The average Bonchev–Trinajstić information content (AvgIpc) is 2.77. The van der Waals surface area contributed by atoms with Crippen LogP contribution in [0.3, 0.4) is 0 Å². The fourth-order valence-electron chi connectivity index (χ4n) is 2.43. The number of nitrogens with zero attached hydrogens (tertiary/aromatic N) is 1. The van der Waals surface area contributed by atoms with Gasteiger partial charge in [0.15, 0.2) is 0 Å². The molecule has 0 amide bonds. The minimum Gasteiger partial charge on any atom is -0.373 e. The highest BCUT2D eigenvalue weighted by atomic mass is 32.2. The first-order valence-corrected chi connectivity index (χ1v) is 9.12. The summed E-state index contributed by atoms with van der Waals surface area (Å²) < 4.78 is 37.7. The monoisotopic (exact) mass is 347 g/mol. The molecule has 1 aliphatic heterocycles. The van der Waals surface area contributed by atoms with E-state index in [4.69, 9.17) is 9.47 Å². The van der Waals surface area contributed by atoms with Crippen molar-refractivity contribution in [3.05, 3.63) is 33.1 Å². The van der Waals surface area contributed by atoms with Gasteiger partial charge in [0.05, 0.1) is 24.6 Å². The van der Waals surface area contributed by atoms with Gasteiger partial charge in [-0.15, -0.1) is 0 Å². The first-order chi connectivity index (χ1) is 10.7. The molecule has 0 radical (unpaired) electrons. The minimum atomic E-state index is -3.36. The fourth-order valence-corrected chi connectivity index (χ4v) is 2.90. The first-order valence-electron chi connectivity index (χ1n) is 7.23. The van der Waals surface area contributed by atoms with Crippen molar-refractivity contribution in [2.75, 3.05) is 12.8 Å². The van der Waals surface area contributed by atoms with E-state index >= 15 is 0 Å². The molecule has 1 aromatic rings. The lowest BCUT2D eigenvalue weighted by atomic mass is 10.1. The third kappa shape index (κ3) is 4.99. The van der Waals surface area contributed by atoms with Gasteiger partial charge in [0, 0.05) is 25.2 Å². The zero-order chi connectivity index (χ0) is 17.2. The third-order valence-corrected chi connectivity index (χ3v) is 4.03. The SMILES string of the molecule is CC(C)O[C@H]1CC(n2ccc(=O)[nH]c2=O)OC1CNS(C)(=O)=O. The topological polar surface area (TPSA) is 119 Å². The Kier molecular flexibility index (Phi) is 5.40. The van der Waals surface area contributed by atoms with E-state index in [2.05, 4.69) is 9.71 Å². The predicted octanol–water partition coefficient (Wildman–Crippen LogP) is -0.833. The van der Waals surface area contributed by atoms with Crippen LogP contribution >= 0.6 is 0 Å². The number of hydrogen-bond donors (Lipinski definition) is 2. The molecule has 23 heavy (non-hydrogen) atoms. The van der Waals surface area contributed by atoms with Gasteiger partial charge in [-0.2, -0.15) is 0 Å². The largest absolute Gasteiger partial charge is 0.373 e. The summed E-state index contributed by atoms with van der Waals surface area (Å²) in [6.45, 7) is 3.77. The van der Waals surface area contributed by atoms with E-state index in [1.54, 1.807) is 0 Å². The molecule has 2 unspecified atom stereocenters. The van der Waals surface area contributed by atoms with Crippen molar-refractivity contribution >= 4 is 10.0 Å². The molecule has 2 heterocycles. The van der Waals surface area contributed by atoms with E-state index < -0.39 is 33.6 Å². The van der Waals surface area contributed by atoms with E-state index in [0.717, 1.165) is 6.26 Å². The zero-order valence-corrected chi connectivity index (χ0v) is 14.0. The molecule has 1 aromatic heterocycles. The normalized spacial score (nSPS) is 25.1. The molecule has 3 atom stereocenters. The van der Waals surface area contributed by atoms with Gasteiger partial charge >= 0.3 is 5.69 Å². The van der Waals surface area contributed by atoms with Crippen molar-refractivity contribution in [2.45, 2.75) is 44.8 Å². The molecular formula is C13H21N3O6S. The maximum atomic E-state index is 11.9. The van der Waals surface area contributed by atoms with E-state index in [1.807, 2.05) is 13.8 Å². The summed E-state index contributed by atoms with van der Waals surface area (Å²) in [6, 6.07) is 1.23.